The van der Waals surface area contributed by atoms with Gasteiger partial charge < -0.3 is 10.6 Å². The smallest absolute Gasteiger partial charge is 0.225 e. The Kier molecular flexibility index (Phi) is 5.04. The van der Waals surface area contributed by atoms with Crippen molar-refractivity contribution in [2.45, 2.75) is 64.3 Å². The minimum atomic E-state index is 0.175. The van der Waals surface area contributed by atoms with Gasteiger partial charge in [-0.15, -0.1) is 0 Å². The second-order valence-corrected chi connectivity index (χ2v) is 6.21. The van der Waals surface area contributed by atoms with Crippen LogP contribution >= 0.6 is 0 Å². The van der Waals surface area contributed by atoms with Gasteiger partial charge in [0.1, 0.15) is 0 Å². The molecule has 1 amide bonds. The minimum absolute atomic E-state index is 0.175. The summed E-state index contributed by atoms with van der Waals surface area (Å²) >= 11 is 0. The molecule has 0 aromatic rings. The molecule has 0 radical (unpaired) electrons. The third-order valence-corrected chi connectivity index (χ3v) is 4.77. The van der Waals surface area contributed by atoms with E-state index in [1.54, 1.807) is 0 Å². The summed E-state index contributed by atoms with van der Waals surface area (Å²) in [5.41, 5.74) is 6.04. The molecule has 3 nitrogen and oxygen atoms in total. The van der Waals surface area contributed by atoms with Crippen molar-refractivity contribution in [1.29, 1.82) is 0 Å². The average molecular weight is 252 g/mol. The maximum atomic E-state index is 12.5. The SMILES string of the molecule is CC(C(=O)N1CCCCCC1)C1CCCC(N)C1. The lowest BCUT2D eigenvalue weighted by molar-refractivity contribution is -0.137. The summed E-state index contributed by atoms with van der Waals surface area (Å²) in [6.45, 7) is 4.07. The van der Waals surface area contributed by atoms with E-state index >= 15 is 0 Å². The molecule has 1 aliphatic carbocycles. The molecule has 2 N–H and O–H groups in total. The first-order chi connectivity index (χ1) is 8.68. The van der Waals surface area contributed by atoms with Crippen molar-refractivity contribution in [1.82, 2.24) is 4.90 Å². The lowest BCUT2D eigenvalue weighted by Crippen LogP contribution is -2.41. The molecule has 2 aliphatic rings. The number of nitrogens with two attached hydrogens (primary N) is 1. The van der Waals surface area contributed by atoms with Crippen LogP contribution in [0.3, 0.4) is 0 Å². The fourth-order valence-corrected chi connectivity index (χ4v) is 3.50. The molecule has 1 aliphatic heterocycles. The van der Waals surface area contributed by atoms with Crippen LogP contribution in [-0.4, -0.2) is 29.9 Å². The standard InChI is InChI=1S/C15H28N2O/c1-12(13-7-6-8-14(16)11-13)15(18)17-9-4-2-3-5-10-17/h12-14H,2-11,16H2,1H3. The van der Waals surface area contributed by atoms with Crippen molar-refractivity contribution in [2.24, 2.45) is 17.6 Å². The molecule has 104 valence electrons. The topological polar surface area (TPSA) is 46.3 Å². The first-order valence-corrected chi connectivity index (χ1v) is 7.73. The van der Waals surface area contributed by atoms with Crippen molar-refractivity contribution in [3.8, 4) is 0 Å². The minimum Gasteiger partial charge on any atom is -0.342 e. The lowest BCUT2D eigenvalue weighted by Gasteiger charge is -2.33. The Morgan fingerprint density at radius 3 is 2.39 bits per heavy atom. The molecule has 3 heteroatoms. The first-order valence-electron chi connectivity index (χ1n) is 7.73. The van der Waals surface area contributed by atoms with Crippen LogP contribution in [0.4, 0.5) is 0 Å². The molecule has 0 aromatic heterocycles. The van der Waals surface area contributed by atoms with Gasteiger partial charge in [-0.2, -0.15) is 0 Å². The summed E-state index contributed by atoms with van der Waals surface area (Å²) in [5.74, 6) is 1.08. The number of hydrogen-bond donors (Lipinski definition) is 1. The van der Waals surface area contributed by atoms with Gasteiger partial charge in [-0.25, -0.2) is 0 Å². The summed E-state index contributed by atoms with van der Waals surface area (Å²) in [6, 6.07) is 0.322. The summed E-state index contributed by atoms with van der Waals surface area (Å²) in [5, 5.41) is 0. The fraction of sp³-hybridized carbons (Fsp3) is 0.933. The van der Waals surface area contributed by atoms with Crippen LogP contribution in [0.25, 0.3) is 0 Å². The fourth-order valence-electron chi connectivity index (χ4n) is 3.50. The molecule has 3 unspecified atom stereocenters. The van der Waals surface area contributed by atoms with Crippen molar-refractivity contribution >= 4 is 5.91 Å². The van der Waals surface area contributed by atoms with Crippen molar-refractivity contribution in [2.75, 3.05) is 13.1 Å². The molecule has 1 saturated heterocycles. The zero-order valence-electron chi connectivity index (χ0n) is 11.7. The predicted molar refractivity (Wildman–Crippen MR) is 74.1 cm³/mol. The van der Waals surface area contributed by atoms with Gasteiger partial charge in [-0.1, -0.05) is 26.2 Å². The highest BCUT2D eigenvalue weighted by Gasteiger charge is 2.31. The van der Waals surface area contributed by atoms with Crippen LogP contribution in [0.5, 0.6) is 0 Å². The van der Waals surface area contributed by atoms with Gasteiger partial charge in [0.05, 0.1) is 0 Å². The summed E-state index contributed by atoms with van der Waals surface area (Å²) < 4.78 is 0. The van der Waals surface area contributed by atoms with Crippen LogP contribution in [0.15, 0.2) is 0 Å². The number of carbonyl (C=O) groups is 1. The van der Waals surface area contributed by atoms with Crippen molar-refractivity contribution in [3.63, 3.8) is 0 Å². The van der Waals surface area contributed by atoms with Crippen LogP contribution < -0.4 is 5.73 Å². The van der Waals surface area contributed by atoms with E-state index in [1.807, 2.05) is 0 Å². The third-order valence-electron chi connectivity index (χ3n) is 4.77. The van der Waals surface area contributed by atoms with Gasteiger partial charge >= 0.3 is 0 Å². The quantitative estimate of drug-likeness (QED) is 0.821. The predicted octanol–water partition coefficient (Wildman–Crippen LogP) is 2.54. The van der Waals surface area contributed by atoms with Crippen molar-refractivity contribution < 1.29 is 4.79 Å². The number of carbonyl (C=O) groups excluding carboxylic acids is 1. The van der Waals surface area contributed by atoms with E-state index in [1.165, 1.54) is 38.5 Å². The molecular weight excluding hydrogens is 224 g/mol. The highest BCUT2D eigenvalue weighted by Crippen LogP contribution is 2.30. The average Bonchev–Trinajstić information content (AvgIpc) is 2.66. The maximum absolute atomic E-state index is 12.5. The van der Waals surface area contributed by atoms with Gasteiger partial charge in [0.2, 0.25) is 5.91 Å². The summed E-state index contributed by atoms with van der Waals surface area (Å²) in [7, 11) is 0. The molecule has 1 heterocycles. The van der Waals surface area contributed by atoms with E-state index in [0.29, 0.717) is 17.9 Å². The third kappa shape index (κ3) is 3.47. The molecule has 18 heavy (non-hydrogen) atoms. The Morgan fingerprint density at radius 2 is 1.78 bits per heavy atom. The Bertz CT molecular complexity index is 272. The van der Waals surface area contributed by atoms with Crippen molar-refractivity contribution in [3.05, 3.63) is 0 Å². The number of nitrogens with zero attached hydrogens (tertiary/aromatic N) is 1. The Labute approximate surface area is 111 Å². The van der Waals surface area contributed by atoms with Gasteiger partial charge in [0.25, 0.3) is 0 Å². The zero-order chi connectivity index (χ0) is 13.0. The molecule has 0 spiro atoms. The monoisotopic (exact) mass is 252 g/mol. The highest BCUT2D eigenvalue weighted by molar-refractivity contribution is 5.78. The summed E-state index contributed by atoms with van der Waals surface area (Å²) in [6.07, 6.45) is 9.50. The molecule has 0 aromatic carbocycles. The van der Waals surface area contributed by atoms with Gasteiger partial charge in [0, 0.05) is 25.0 Å². The second kappa shape index (κ2) is 6.55. The van der Waals surface area contributed by atoms with E-state index in [4.69, 9.17) is 5.73 Å². The van der Waals surface area contributed by atoms with E-state index < -0.39 is 0 Å². The van der Waals surface area contributed by atoms with Crippen LogP contribution in [0.2, 0.25) is 0 Å². The van der Waals surface area contributed by atoms with E-state index in [-0.39, 0.29) is 5.92 Å². The Morgan fingerprint density at radius 1 is 1.11 bits per heavy atom. The lowest BCUT2D eigenvalue weighted by atomic mass is 9.78. The highest BCUT2D eigenvalue weighted by atomic mass is 16.2. The van der Waals surface area contributed by atoms with E-state index in [0.717, 1.165) is 25.9 Å². The molecular formula is C15H28N2O. The molecule has 1 saturated carbocycles. The molecule has 3 atom stereocenters. The Balaban J connectivity index is 1.90. The zero-order valence-corrected chi connectivity index (χ0v) is 11.7. The van der Waals surface area contributed by atoms with Crippen LogP contribution in [0, 0.1) is 11.8 Å². The second-order valence-electron chi connectivity index (χ2n) is 6.21. The first kappa shape index (κ1) is 13.9. The maximum Gasteiger partial charge on any atom is 0.225 e. The Hall–Kier alpha value is -0.570. The number of rotatable bonds is 2. The van der Waals surface area contributed by atoms with Gasteiger partial charge in [-0.3, -0.25) is 4.79 Å². The number of hydrogen-bond acceptors (Lipinski definition) is 2. The number of amides is 1. The molecule has 0 bridgehead atoms. The van der Waals surface area contributed by atoms with E-state index in [9.17, 15) is 4.79 Å². The summed E-state index contributed by atoms with van der Waals surface area (Å²) in [4.78, 5) is 14.7. The normalized spacial score (nSPS) is 31.8. The molecule has 2 rings (SSSR count). The van der Waals surface area contributed by atoms with Crippen LogP contribution in [0.1, 0.15) is 58.3 Å². The largest absolute Gasteiger partial charge is 0.342 e. The van der Waals surface area contributed by atoms with Gasteiger partial charge in [0.15, 0.2) is 0 Å². The van der Waals surface area contributed by atoms with Crippen LogP contribution in [-0.2, 0) is 4.79 Å². The van der Waals surface area contributed by atoms with E-state index in [2.05, 4.69) is 11.8 Å². The number of likely N-dealkylation sites (tertiary alicyclic amines) is 1. The molecule has 2 fully saturated rings. The van der Waals surface area contributed by atoms with Gasteiger partial charge in [-0.05, 0) is 38.0 Å².